The highest BCUT2D eigenvalue weighted by atomic mass is 35.5. The normalized spacial score (nSPS) is 10.1. The zero-order chi connectivity index (χ0) is 13.7. The van der Waals surface area contributed by atoms with Gasteiger partial charge in [0.2, 0.25) is 0 Å². The lowest BCUT2D eigenvalue weighted by Gasteiger charge is -2.11. The Balaban J connectivity index is 2.08. The number of pyridine rings is 1. The molecular formula is C14H15ClN2O2. The molecule has 0 bridgehead atoms. The maximum absolute atomic E-state index is 5.74. The molecule has 19 heavy (non-hydrogen) atoms. The topological polar surface area (TPSA) is 43.4 Å². The van der Waals surface area contributed by atoms with Gasteiger partial charge in [0.05, 0.1) is 26.1 Å². The summed E-state index contributed by atoms with van der Waals surface area (Å²) in [7, 11) is 3.27. The van der Waals surface area contributed by atoms with Gasteiger partial charge in [0.1, 0.15) is 16.7 Å². The Morgan fingerprint density at radius 1 is 1.16 bits per heavy atom. The summed E-state index contributed by atoms with van der Waals surface area (Å²) in [5.41, 5.74) is 1.94. The zero-order valence-corrected chi connectivity index (χ0v) is 11.6. The summed E-state index contributed by atoms with van der Waals surface area (Å²) < 4.78 is 10.5. The van der Waals surface area contributed by atoms with Gasteiger partial charge in [-0.15, -0.1) is 0 Å². The number of aromatic nitrogens is 1. The summed E-state index contributed by atoms with van der Waals surface area (Å²) in [4.78, 5) is 4.01. The van der Waals surface area contributed by atoms with Crippen molar-refractivity contribution in [1.29, 1.82) is 0 Å². The van der Waals surface area contributed by atoms with Crippen molar-refractivity contribution in [2.75, 3.05) is 19.5 Å². The second-order valence-corrected chi connectivity index (χ2v) is 4.29. The molecule has 0 radical (unpaired) electrons. The Morgan fingerprint density at radius 3 is 2.63 bits per heavy atom. The average Bonchev–Trinajstić information content (AvgIpc) is 2.46. The van der Waals surface area contributed by atoms with E-state index in [0.717, 1.165) is 22.7 Å². The van der Waals surface area contributed by atoms with Gasteiger partial charge in [0.15, 0.2) is 0 Å². The Hall–Kier alpha value is -1.94. The molecule has 1 heterocycles. The van der Waals surface area contributed by atoms with E-state index in [0.29, 0.717) is 11.7 Å². The van der Waals surface area contributed by atoms with Crippen LogP contribution in [0.3, 0.4) is 0 Å². The van der Waals surface area contributed by atoms with Gasteiger partial charge in [-0.3, -0.25) is 0 Å². The third-order valence-corrected chi connectivity index (χ3v) is 2.93. The molecule has 1 aromatic carbocycles. The quantitative estimate of drug-likeness (QED) is 0.852. The molecule has 0 saturated carbocycles. The van der Waals surface area contributed by atoms with Crippen LogP contribution in [0.1, 0.15) is 5.56 Å². The second-order valence-electron chi connectivity index (χ2n) is 3.90. The van der Waals surface area contributed by atoms with E-state index < -0.39 is 0 Å². The monoisotopic (exact) mass is 278 g/mol. The standard InChI is InChI=1S/C14H15ClN2O2/c1-18-12-5-3-10(13(7-12)19-2)8-16-11-4-6-14(15)17-9-11/h3-7,9,16H,8H2,1-2H3. The second kappa shape index (κ2) is 6.29. The largest absolute Gasteiger partial charge is 0.497 e. The van der Waals surface area contributed by atoms with E-state index in [4.69, 9.17) is 21.1 Å². The first-order valence-electron chi connectivity index (χ1n) is 5.79. The summed E-state index contributed by atoms with van der Waals surface area (Å²) >= 11 is 5.74. The van der Waals surface area contributed by atoms with Crippen LogP contribution in [0.25, 0.3) is 0 Å². The fourth-order valence-electron chi connectivity index (χ4n) is 1.68. The highest BCUT2D eigenvalue weighted by molar-refractivity contribution is 6.29. The molecule has 1 N–H and O–H groups in total. The van der Waals surface area contributed by atoms with Crippen molar-refractivity contribution >= 4 is 17.3 Å². The lowest BCUT2D eigenvalue weighted by molar-refractivity contribution is 0.391. The maximum atomic E-state index is 5.74. The van der Waals surface area contributed by atoms with E-state index in [9.17, 15) is 0 Å². The minimum Gasteiger partial charge on any atom is -0.497 e. The smallest absolute Gasteiger partial charge is 0.129 e. The number of nitrogens with one attached hydrogen (secondary N) is 1. The molecule has 0 unspecified atom stereocenters. The van der Waals surface area contributed by atoms with Crippen LogP contribution in [0.4, 0.5) is 5.69 Å². The minimum absolute atomic E-state index is 0.479. The molecule has 5 heteroatoms. The van der Waals surface area contributed by atoms with E-state index in [2.05, 4.69) is 10.3 Å². The molecule has 2 rings (SSSR count). The molecule has 0 atom stereocenters. The van der Waals surface area contributed by atoms with Gasteiger partial charge in [0.25, 0.3) is 0 Å². The van der Waals surface area contributed by atoms with Crippen molar-refractivity contribution in [3.05, 3.63) is 47.2 Å². The van der Waals surface area contributed by atoms with Crippen LogP contribution >= 0.6 is 11.6 Å². The van der Waals surface area contributed by atoms with E-state index >= 15 is 0 Å². The van der Waals surface area contributed by atoms with Gasteiger partial charge < -0.3 is 14.8 Å². The fourth-order valence-corrected chi connectivity index (χ4v) is 1.79. The molecule has 0 fully saturated rings. The lowest BCUT2D eigenvalue weighted by Crippen LogP contribution is -2.02. The minimum atomic E-state index is 0.479. The van der Waals surface area contributed by atoms with Gasteiger partial charge in [0, 0.05) is 18.2 Å². The lowest BCUT2D eigenvalue weighted by atomic mass is 10.2. The summed E-state index contributed by atoms with van der Waals surface area (Å²) in [6, 6.07) is 9.35. The maximum Gasteiger partial charge on any atom is 0.129 e. The first kappa shape index (κ1) is 13.5. The molecule has 100 valence electrons. The third kappa shape index (κ3) is 3.51. The molecule has 0 spiro atoms. The number of halogens is 1. The Bertz CT molecular complexity index is 544. The van der Waals surface area contributed by atoms with Crippen molar-refractivity contribution in [1.82, 2.24) is 4.98 Å². The summed E-state index contributed by atoms with van der Waals surface area (Å²) in [5.74, 6) is 1.56. The van der Waals surface area contributed by atoms with Crippen molar-refractivity contribution in [2.24, 2.45) is 0 Å². The Labute approximate surface area is 117 Å². The van der Waals surface area contributed by atoms with Gasteiger partial charge in [-0.05, 0) is 24.3 Å². The average molecular weight is 279 g/mol. The van der Waals surface area contributed by atoms with E-state index in [-0.39, 0.29) is 0 Å². The fraction of sp³-hybridized carbons (Fsp3) is 0.214. The van der Waals surface area contributed by atoms with Gasteiger partial charge in [-0.2, -0.15) is 0 Å². The molecule has 0 aliphatic heterocycles. The summed E-state index contributed by atoms with van der Waals surface area (Å²) in [5, 5.41) is 3.74. The Kier molecular flexibility index (Phi) is 4.47. The van der Waals surface area contributed by atoms with Crippen molar-refractivity contribution < 1.29 is 9.47 Å². The molecule has 1 aromatic heterocycles. The van der Waals surface area contributed by atoms with Crippen LogP contribution in [0.15, 0.2) is 36.5 Å². The van der Waals surface area contributed by atoms with Gasteiger partial charge in [-0.25, -0.2) is 4.98 Å². The van der Waals surface area contributed by atoms with Crippen molar-refractivity contribution in [3.63, 3.8) is 0 Å². The van der Waals surface area contributed by atoms with Gasteiger partial charge in [-0.1, -0.05) is 11.6 Å². The number of methoxy groups -OCH3 is 2. The highest BCUT2D eigenvalue weighted by Gasteiger charge is 2.05. The van der Waals surface area contributed by atoms with Gasteiger partial charge >= 0.3 is 0 Å². The van der Waals surface area contributed by atoms with Crippen LogP contribution in [0.2, 0.25) is 5.15 Å². The highest BCUT2D eigenvalue weighted by Crippen LogP contribution is 2.25. The number of nitrogens with zero attached hydrogens (tertiary/aromatic N) is 1. The predicted molar refractivity (Wildman–Crippen MR) is 76.1 cm³/mol. The molecule has 4 nitrogen and oxygen atoms in total. The number of ether oxygens (including phenoxy) is 2. The number of rotatable bonds is 5. The third-order valence-electron chi connectivity index (χ3n) is 2.70. The first-order chi connectivity index (χ1) is 9.22. The van der Waals surface area contributed by atoms with E-state index in [1.54, 1.807) is 26.5 Å². The van der Waals surface area contributed by atoms with E-state index in [1.165, 1.54) is 0 Å². The predicted octanol–water partition coefficient (Wildman–Crippen LogP) is 3.36. The van der Waals surface area contributed by atoms with Crippen LogP contribution in [-0.2, 0) is 6.54 Å². The molecule has 0 saturated heterocycles. The van der Waals surface area contributed by atoms with Crippen LogP contribution < -0.4 is 14.8 Å². The SMILES string of the molecule is COc1ccc(CNc2ccc(Cl)nc2)c(OC)c1. The van der Waals surface area contributed by atoms with Crippen LogP contribution in [0, 0.1) is 0 Å². The van der Waals surface area contributed by atoms with Crippen molar-refractivity contribution in [2.45, 2.75) is 6.54 Å². The summed E-state index contributed by atoms with van der Waals surface area (Å²) in [6.45, 7) is 0.635. The zero-order valence-electron chi connectivity index (χ0n) is 10.8. The van der Waals surface area contributed by atoms with E-state index in [1.807, 2.05) is 24.3 Å². The number of hydrogen-bond acceptors (Lipinski definition) is 4. The number of anilines is 1. The first-order valence-corrected chi connectivity index (χ1v) is 6.17. The number of hydrogen-bond donors (Lipinski definition) is 1. The molecule has 2 aromatic rings. The summed E-state index contributed by atoms with van der Waals surface area (Å²) in [6.07, 6.45) is 1.69. The van der Waals surface area contributed by atoms with Crippen LogP contribution in [-0.4, -0.2) is 19.2 Å². The molecular weight excluding hydrogens is 264 g/mol. The van der Waals surface area contributed by atoms with Crippen LogP contribution in [0.5, 0.6) is 11.5 Å². The molecule has 0 aliphatic rings. The Morgan fingerprint density at radius 2 is 2.00 bits per heavy atom. The molecule has 0 amide bonds. The molecule has 0 aliphatic carbocycles. The van der Waals surface area contributed by atoms with Crippen molar-refractivity contribution in [3.8, 4) is 11.5 Å². The number of benzene rings is 1.